The zero-order valence-corrected chi connectivity index (χ0v) is 18.4. The molecule has 0 radical (unpaired) electrons. The summed E-state index contributed by atoms with van der Waals surface area (Å²) >= 11 is 1.03. The molecular weight excluding hydrogens is 417 g/mol. The number of hydrogen-bond acceptors (Lipinski definition) is 6. The van der Waals surface area contributed by atoms with Gasteiger partial charge in [0.05, 0.1) is 6.54 Å². The number of pyridine rings is 1. The van der Waals surface area contributed by atoms with Gasteiger partial charge in [0.25, 0.3) is 5.91 Å². The fraction of sp³-hybridized carbons (Fsp3) is 0.318. The minimum absolute atomic E-state index is 0.0952. The molecule has 2 aromatic heterocycles. The molecule has 0 unspecified atom stereocenters. The van der Waals surface area contributed by atoms with Crippen molar-refractivity contribution in [2.75, 3.05) is 0 Å². The first-order valence-corrected chi connectivity index (χ1v) is 10.7. The van der Waals surface area contributed by atoms with Gasteiger partial charge in [-0.2, -0.15) is 0 Å². The number of aromatic nitrogens is 3. The molecule has 0 saturated heterocycles. The van der Waals surface area contributed by atoms with Crippen LogP contribution in [0.1, 0.15) is 54.8 Å². The van der Waals surface area contributed by atoms with E-state index in [2.05, 4.69) is 19.9 Å². The highest BCUT2D eigenvalue weighted by Gasteiger charge is 2.35. The molecule has 2 amide bonds. The summed E-state index contributed by atoms with van der Waals surface area (Å²) < 4.78 is 18.2. The molecule has 3 rings (SSSR count). The van der Waals surface area contributed by atoms with Gasteiger partial charge in [0.1, 0.15) is 11.9 Å². The van der Waals surface area contributed by atoms with Crippen LogP contribution in [0, 0.1) is 5.82 Å². The summed E-state index contributed by atoms with van der Waals surface area (Å²) in [5.74, 6) is -1.36. The Morgan fingerprint density at radius 1 is 1.23 bits per heavy atom. The summed E-state index contributed by atoms with van der Waals surface area (Å²) in [6.07, 6.45) is 3.81. The van der Waals surface area contributed by atoms with Crippen molar-refractivity contribution in [3.63, 3.8) is 0 Å². The first-order chi connectivity index (χ1) is 14.8. The third-order valence-electron chi connectivity index (χ3n) is 5.04. The van der Waals surface area contributed by atoms with Gasteiger partial charge in [0, 0.05) is 34.4 Å². The second kappa shape index (κ2) is 9.74. The molecule has 2 heterocycles. The number of halogens is 1. The van der Waals surface area contributed by atoms with Gasteiger partial charge in [0.2, 0.25) is 5.91 Å². The number of nitrogens with one attached hydrogen (secondary N) is 1. The molecule has 0 aliphatic rings. The minimum Gasteiger partial charge on any atom is -0.349 e. The van der Waals surface area contributed by atoms with Crippen molar-refractivity contribution in [2.45, 2.75) is 45.3 Å². The van der Waals surface area contributed by atoms with Crippen LogP contribution < -0.4 is 5.32 Å². The largest absolute Gasteiger partial charge is 0.349 e. The van der Waals surface area contributed by atoms with Crippen molar-refractivity contribution in [2.24, 2.45) is 0 Å². The number of nitrogens with zero attached hydrogens (tertiary/aromatic N) is 4. The minimum atomic E-state index is -1.03. The molecule has 0 aliphatic carbocycles. The molecule has 31 heavy (non-hydrogen) atoms. The van der Waals surface area contributed by atoms with Crippen molar-refractivity contribution in [1.29, 1.82) is 0 Å². The summed E-state index contributed by atoms with van der Waals surface area (Å²) in [6, 6.07) is 8.54. The van der Waals surface area contributed by atoms with Crippen LogP contribution in [0.15, 0.2) is 54.2 Å². The van der Waals surface area contributed by atoms with Crippen LogP contribution in [0.3, 0.4) is 0 Å². The zero-order valence-electron chi connectivity index (χ0n) is 17.6. The maximum absolute atomic E-state index is 14.5. The van der Waals surface area contributed by atoms with Crippen LogP contribution in [-0.4, -0.2) is 36.8 Å². The Labute approximate surface area is 184 Å². The summed E-state index contributed by atoms with van der Waals surface area (Å²) in [5, 5.41) is 8.37. The lowest BCUT2D eigenvalue weighted by Crippen LogP contribution is -2.50. The molecule has 1 aromatic carbocycles. The first-order valence-electron chi connectivity index (χ1n) is 9.86. The normalized spacial score (nSPS) is 12.3. The Morgan fingerprint density at radius 3 is 2.61 bits per heavy atom. The van der Waals surface area contributed by atoms with Gasteiger partial charge in [-0.15, -0.1) is 5.10 Å². The summed E-state index contributed by atoms with van der Waals surface area (Å²) in [5.41, 5.74) is 0.403. The Bertz CT molecular complexity index is 1030. The summed E-state index contributed by atoms with van der Waals surface area (Å²) in [7, 11) is 0. The molecule has 9 heteroatoms. The maximum Gasteiger partial charge on any atom is 0.276 e. The Hall–Kier alpha value is -3.20. The summed E-state index contributed by atoms with van der Waals surface area (Å²) in [6.45, 7) is 5.64. The average Bonchev–Trinajstić information content (AvgIpc) is 3.29. The number of amides is 2. The summed E-state index contributed by atoms with van der Waals surface area (Å²) in [4.78, 5) is 32.3. The Balaban J connectivity index is 2.08. The molecular formula is C22H24FN5O2S. The first kappa shape index (κ1) is 22.5. The molecule has 7 nitrogen and oxygen atoms in total. The molecule has 1 atom stereocenters. The van der Waals surface area contributed by atoms with Crippen LogP contribution in [-0.2, 0) is 11.3 Å². The van der Waals surface area contributed by atoms with E-state index in [1.165, 1.54) is 22.5 Å². The highest BCUT2D eigenvalue weighted by Crippen LogP contribution is 2.27. The zero-order chi connectivity index (χ0) is 22.4. The highest BCUT2D eigenvalue weighted by molar-refractivity contribution is 7.03. The van der Waals surface area contributed by atoms with Crippen LogP contribution >= 0.6 is 11.5 Å². The van der Waals surface area contributed by atoms with E-state index in [4.69, 9.17) is 0 Å². The van der Waals surface area contributed by atoms with Crippen molar-refractivity contribution < 1.29 is 14.0 Å². The second-order valence-corrected chi connectivity index (χ2v) is 8.34. The predicted molar refractivity (Wildman–Crippen MR) is 116 cm³/mol. The number of hydrogen-bond donors (Lipinski definition) is 1. The van der Waals surface area contributed by atoms with Crippen LogP contribution in [0.4, 0.5) is 4.39 Å². The number of carbonyl (C=O) groups excluding carboxylic acids is 2. The average molecular weight is 442 g/mol. The van der Waals surface area contributed by atoms with E-state index in [0.29, 0.717) is 12.0 Å². The van der Waals surface area contributed by atoms with Crippen molar-refractivity contribution in [3.05, 3.63) is 76.8 Å². The van der Waals surface area contributed by atoms with E-state index in [-0.39, 0.29) is 23.7 Å². The standard InChI is InChI=1S/C22H24FN5O2S/c1-4-22(2,3)25-20(29)19(15-9-7-11-24-12-15)28(21(30)18-14-31-27-26-18)13-16-8-5-6-10-17(16)23/h5-12,14,19H,4,13H2,1-3H3,(H,25,29)/t19-/m0/s1. The van der Waals surface area contributed by atoms with Gasteiger partial charge < -0.3 is 10.2 Å². The fourth-order valence-corrected chi connectivity index (χ4v) is 3.43. The van der Waals surface area contributed by atoms with E-state index in [1.54, 1.807) is 36.5 Å². The molecule has 0 bridgehead atoms. The van der Waals surface area contributed by atoms with Crippen molar-refractivity contribution in [1.82, 2.24) is 24.8 Å². The molecule has 0 aliphatic heterocycles. The van der Waals surface area contributed by atoms with E-state index in [0.717, 1.165) is 11.5 Å². The van der Waals surface area contributed by atoms with Gasteiger partial charge in [-0.1, -0.05) is 35.7 Å². The van der Waals surface area contributed by atoms with Gasteiger partial charge in [-0.05, 0) is 43.9 Å². The lowest BCUT2D eigenvalue weighted by molar-refractivity contribution is -0.127. The second-order valence-electron chi connectivity index (χ2n) is 7.73. The van der Waals surface area contributed by atoms with Crippen molar-refractivity contribution >= 4 is 23.3 Å². The quantitative estimate of drug-likeness (QED) is 0.575. The maximum atomic E-state index is 14.5. The van der Waals surface area contributed by atoms with Crippen LogP contribution in [0.2, 0.25) is 0 Å². The van der Waals surface area contributed by atoms with Crippen LogP contribution in [0.5, 0.6) is 0 Å². The van der Waals surface area contributed by atoms with Crippen LogP contribution in [0.25, 0.3) is 0 Å². The van der Waals surface area contributed by atoms with E-state index < -0.39 is 23.3 Å². The SMILES string of the molecule is CCC(C)(C)NC(=O)[C@H](c1cccnc1)N(Cc1ccccc1F)C(=O)c1csnn1. The third-order valence-corrected chi connectivity index (χ3v) is 5.55. The Morgan fingerprint density at radius 2 is 2.00 bits per heavy atom. The lowest BCUT2D eigenvalue weighted by atomic mass is 9.99. The molecule has 162 valence electrons. The highest BCUT2D eigenvalue weighted by atomic mass is 32.1. The smallest absolute Gasteiger partial charge is 0.276 e. The molecule has 0 fully saturated rings. The molecule has 0 saturated carbocycles. The van der Waals surface area contributed by atoms with Gasteiger partial charge in [0.15, 0.2) is 5.69 Å². The molecule has 3 aromatic rings. The van der Waals surface area contributed by atoms with E-state index in [9.17, 15) is 14.0 Å². The fourth-order valence-electron chi connectivity index (χ4n) is 3.00. The van der Waals surface area contributed by atoms with E-state index in [1.807, 2.05) is 20.8 Å². The Kier molecular flexibility index (Phi) is 7.06. The predicted octanol–water partition coefficient (Wildman–Crippen LogP) is 3.76. The van der Waals surface area contributed by atoms with E-state index >= 15 is 0 Å². The number of benzene rings is 1. The van der Waals surface area contributed by atoms with Gasteiger partial charge >= 0.3 is 0 Å². The monoisotopic (exact) mass is 441 g/mol. The number of carbonyl (C=O) groups is 2. The topological polar surface area (TPSA) is 88.1 Å². The lowest BCUT2D eigenvalue weighted by Gasteiger charge is -2.34. The number of rotatable bonds is 8. The van der Waals surface area contributed by atoms with Gasteiger partial charge in [-0.3, -0.25) is 14.6 Å². The van der Waals surface area contributed by atoms with Crippen molar-refractivity contribution in [3.8, 4) is 0 Å². The van der Waals surface area contributed by atoms with Gasteiger partial charge in [-0.25, -0.2) is 4.39 Å². The molecule has 1 N–H and O–H groups in total. The molecule has 0 spiro atoms. The third kappa shape index (κ3) is 5.49.